The van der Waals surface area contributed by atoms with Crippen LogP contribution in [0.3, 0.4) is 0 Å². The van der Waals surface area contributed by atoms with E-state index in [1.54, 1.807) is 6.92 Å². The molecule has 2 atom stereocenters. The summed E-state index contributed by atoms with van der Waals surface area (Å²) in [7, 11) is 2.76. The van der Waals surface area contributed by atoms with Crippen molar-refractivity contribution in [3.05, 3.63) is 33.9 Å². The summed E-state index contributed by atoms with van der Waals surface area (Å²) < 4.78 is 44.9. The molecule has 1 aliphatic rings. The van der Waals surface area contributed by atoms with Gasteiger partial charge in [0.25, 0.3) is 0 Å². The average Bonchev–Trinajstić information content (AvgIpc) is 3.52. The first-order chi connectivity index (χ1) is 26.1. The van der Waals surface area contributed by atoms with Gasteiger partial charge in [-0.3, -0.25) is 18.6 Å². The number of phenols is 1. The number of phosphoric acid groups is 1. The van der Waals surface area contributed by atoms with Crippen LogP contribution >= 0.6 is 7.82 Å². The quantitative estimate of drug-likeness (QED) is 0.0191. The summed E-state index contributed by atoms with van der Waals surface area (Å²) in [6, 6.07) is 0. The van der Waals surface area contributed by atoms with Gasteiger partial charge in [0.05, 0.1) is 34.9 Å². The van der Waals surface area contributed by atoms with E-state index in [1.165, 1.54) is 64.9 Å². The molecule has 13 nitrogen and oxygen atoms in total. The number of carbonyl (C=O) groups excluding carboxylic acids is 3. The average molecular weight is 799 g/mol. The van der Waals surface area contributed by atoms with Crippen LogP contribution in [0.2, 0.25) is 0 Å². The molecule has 0 aliphatic carbocycles. The second-order valence-corrected chi connectivity index (χ2v) is 17.0. The summed E-state index contributed by atoms with van der Waals surface area (Å²) >= 11 is 0. The molecule has 0 saturated carbocycles. The minimum atomic E-state index is -4.47. The second-order valence-electron chi connectivity index (χ2n) is 15.6. The largest absolute Gasteiger partial charge is 0.507 e. The van der Waals surface area contributed by atoms with Gasteiger partial charge < -0.3 is 33.4 Å². The first-order valence-electron chi connectivity index (χ1n) is 20.1. The highest BCUT2D eigenvalue weighted by Crippen LogP contribution is 2.44. The van der Waals surface area contributed by atoms with Crippen molar-refractivity contribution >= 4 is 25.7 Å². The van der Waals surface area contributed by atoms with E-state index in [9.17, 15) is 28.9 Å². The van der Waals surface area contributed by atoms with Crippen LogP contribution < -0.4 is 4.74 Å². The van der Waals surface area contributed by atoms with Gasteiger partial charge in [-0.25, -0.2) is 9.36 Å². The lowest BCUT2D eigenvalue weighted by Crippen LogP contribution is -2.37. The molecule has 0 spiro atoms. The number of unbranched alkanes of at least 4 members (excludes halogenated alkanes) is 12. The lowest BCUT2D eigenvalue weighted by molar-refractivity contribution is -0.870. The fraction of sp³-hybridized carbons (Fsp3) is 0.732. The Bertz CT molecular complexity index is 1440. The van der Waals surface area contributed by atoms with Crippen LogP contribution in [0, 0.1) is 6.92 Å². The number of quaternary nitrogens is 1. The predicted molar refractivity (Wildman–Crippen MR) is 211 cm³/mol. The molecule has 2 N–H and O–H groups in total. The lowest BCUT2D eigenvalue weighted by atomic mass is 9.94. The van der Waals surface area contributed by atoms with Crippen LogP contribution in [-0.2, 0) is 50.4 Å². The molecular weight excluding hydrogens is 729 g/mol. The number of fused-ring (bicyclic) bond motifs is 1. The highest BCUT2D eigenvalue weighted by atomic mass is 31.2. The Balaban J connectivity index is 1.87. The number of phosphoric ester groups is 1. The molecular formula is C41H69NO12P+. The topological polar surface area (TPSA) is 164 Å². The Kier molecular flexibility index (Phi) is 22.2. The molecule has 2 rings (SSSR count). The van der Waals surface area contributed by atoms with Crippen molar-refractivity contribution in [3.8, 4) is 11.5 Å². The normalized spacial score (nSPS) is 14.6. The summed E-state index contributed by atoms with van der Waals surface area (Å²) in [5, 5.41) is 10.9. The maximum Gasteiger partial charge on any atom is 0.472 e. The second kappa shape index (κ2) is 25.3. The molecule has 1 aromatic carbocycles. The van der Waals surface area contributed by atoms with Crippen molar-refractivity contribution in [2.45, 2.75) is 143 Å². The number of hydrogen-bond acceptors (Lipinski definition) is 11. The third-order valence-electron chi connectivity index (χ3n) is 9.68. The summed E-state index contributed by atoms with van der Waals surface area (Å²) in [5.41, 5.74) is 2.71. The van der Waals surface area contributed by atoms with Gasteiger partial charge in [0, 0.05) is 24.0 Å². The number of rotatable bonds is 30. The van der Waals surface area contributed by atoms with Gasteiger partial charge in [0.2, 0.25) is 0 Å². The van der Waals surface area contributed by atoms with Gasteiger partial charge >= 0.3 is 25.7 Å². The molecule has 55 heavy (non-hydrogen) atoms. The predicted octanol–water partition coefficient (Wildman–Crippen LogP) is 8.42. The van der Waals surface area contributed by atoms with E-state index in [0.717, 1.165) is 30.4 Å². The number of nitrogens with zero attached hydrogens (tertiary/aromatic N) is 1. The molecule has 0 radical (unpaired) electrons. The zero-order valence-electron chi connectivity index (χ0n) is 34.6. The molecule has 0 fully saturated rings. The van der Waals surface area contributed by atoms with E-state index < -0.39 is 38.4 Å². The number of allylic oxidation sites excluding steroid dienone is 2. The van der Waals surface area contributed by atoms with Crippen molar-refractivity contribution < 1.29 is 61.4 Å². The third kappa shape index (κ3) is 19.2. The van der Waals surface area contributed by atoms with Crippen LogP contribution in [0.1, 0.15) is 144 Å². The first-order valence-corrected chi connectivity index (χ1v) is 21.6. The minimum absolute atomic E-state index is 0.0276. The summed E-state index contributed by atoms with van der Waals surface area (Å²) in [5.74, 6) is -1.36. The molecule has 0 bridgehead atoms. The van der Waals surface area contributed by atoms with E-state index in [-0.39, 0.29) is 50.4 Å². The fourth-order valence-electron chi connectivity index (χ4n) is 6.26. The lowest BCUT2D eigenvalue weighted by Gasteiger charge is -2.24. The number of carbonyl (C=O) groups is 3. The molecule has 1 heterocycles. The molecule has 1 aromatic rings. The van der Waals surface area contributed by atoms with Crippen LogP contribution in [-0.4, -0.2) is 93.1 Å². The van der Waals surface area contributed by atoms with Gasteiger partial charge in [0.15, 0.2) is 6.10 Å². The maximum absolute atomic E-state index is 12.9. The van der Waals surface area contributed by atoms with Crippen LogP contribution in [0.15, 0.2) is 11.6 Å². The smallest absolute Gasteiger partial charge is 0.472 e. The summed E-state index contributed by atoms with van der Waals surface area (Å²) in [4.78, 5) is 47.9. The fourth-order valence-corrected chi connectivity index (χ4v) is 7.00. The Morgan fingerprint density at radius 2 is 1.49 bits per heavy atom. The number of cyclic esters (lactones) is 1. The monoisotopic (exact) mass is 798 g/mol. The number of phenolic OH excluding ortho intramolecular Hbond substituents is 1. The maximum atomic E-state index is 12.9. The van der Waals surface area contributed by atoms with E-state index in [0.29, 0.717) is 40.7 Å². The van der Waals surface area contributed by atoms with Crippen molar-refractivity contribution in [2.75, 3.05) is 54.6 Å². The number of likely N-dealkylation sites (N-methyl/N-ethyl adjacent to an activating group) is 1. The van der Waals surface area contributed by atoms with E-state index in [2.05, 4.69) is 6.92 Å². The zero-order valence-corrected chi connectivity index (χ0v) is 35.5. The first kappa shape index (κ1) is 48.2. The highest BCUT2D eigenvalue weighted by molar-refractivity contribution is 7.47. The molecule has 314 valence electrons. The van der Waals surface area contributed by atoms with Crippen molar-refractivity contribution in [3.63, 3.8) is 0 Å². The van der Waals surface area contributed by atoms with Gasteiger partial charge in [0.1, 0.15) is 43.4 Å². The van der Waals surface area contributed by atoms with Gasteiger partial charge in [-0.2, -0.15) is 0 Å². The number of aromatic hydroxyl groups is 1. The van der Waals surface area contributed by atoms with Crippen LogP contribution in [0.25, 0.3) is 0 Å². The summed E-state index contributed by atoms with van der Waals surface area (Å²) in [6.45, 7) is 5.52. The van der Waals surface area contributed by atoms with Crippen molar-refractivity contribution in [1.82, 2.24) is 0 Å². The van der Waals surface area contributed by atoms with Crippen LogP contribution in [0.4, 0.5) is 0 Å². The Morgan fingerprint density at radius 1 is 0.891 bits per heavy atom. The molecule has 14 heteroatoms. The Hall–Kier alpha value is -2.96. The Morgan fingerprint density at radius 3 is 2.07 bits per heavy atom. The zero-order chi connectivity index (χ0) is 40.9. The third-order valence-corrected chi connectivity index (χ3v) is 10.7. The number of esters is 3. The molecule has 0 saturated heterocycles. The number of ether oxygens (including phenoxy) is 4. The number of hydrogen-bond donors (Lipinski definition) is 2. The Labute approximate surface area is 329 Å². The number of methoxy groups -OCH3 is 1. The van der Waals surface area contributed by atoms with Gasteiger partial charge in [-0.15, -0.1) is 0 Å². The summed E-state index contributed by atoms with van der Waals surface area (Å²) in [6.07, 6.45) is 16.9. The highest BCUT2D eigenvalue weighted by Gasteiger charge is 2.32. The number of benzene rings is 1. The molecule has 0 aromatic heterocycles. The molecule has 0 amide bonds. The molecule has 1 unspecified atom stereocenters. The van der Waals surface area contributed by atoms with Crippen molar-refractivity contribution in [2.24, 2.45) is 0 Å². The van der Waals surface area contributed by atoms with E-state index >= 15 is 0 Å². The van der Waals surface area contributed by atoms with Crippen molar-refractivity contribution in [1.29, 1.82) is 0 Å². The van der Waals surface area contributed by atoms with Gasteiger partial charge in [-0.1, -0.05) is 95.6 Å². The minimum Gasteiger partial charge on any atom is -0.507 e. The van der Waals surface area contributed by atoms with Gasteiger partial charge in [-0.05, 0) is 38.7 Å². The van der Waals surface area contributed by atoms with E-state index in [1.807, 2.05) is 34.1 Å². The van der Waals surface area contributed by atoms with Crippen LogP contribution in [0.5, 0.6) is 11.5 Å². The molecule has 1 aliphatic heterocycles. The standard InChI is InChI=1S/C41H68NO12P/c1-8-9-10-11-12-13-14-15-16-17-18-19-20-21-36(43)50-28-33(29-53-55(47,48)52-27-26-42(4,5)6)54-37(44)25-23-31(2)22-24-34-39(45)38-35(30-51-41(38)46)32(3)40(34)49-7/h22,33H,8-21,23-30H2,1-7H3,(H-,45,46,47,48)/p+1/b31-22+/t33-/m1/s1. The van der Waals surface area contributed by atoms with E-state index in [4.69, 9.17) is 28.0 Å². The SMILES string of the molecule is CCCCCCCCCCCCCCCC(=O)OC[C@H](COP(=O)(O)OCC[N+](C)(C)C)OC(=O)CC/C(C)=C/Cc1c(O)c2c(c(C)c1OC)COC2=O.